The van der Waals surface area contributed by atoms with Crippen molar-refractivity contribution in [3.8, 4) is 5.95 Å². The van der Waals surface area contributed by atoms with E-state index in [-0.39, 0.29) is 11.3 Å². The minimum absolute atomic E-state index is 0.0717. The first kappa shape index (κ1) is 21.3. The molecule has 3 heterocycles. The van der Waals surface area contributed by atoms with Crippen LogP contribution in [-0.4, -0.2) is 66.6 Å². The van der Waals surface area contributed by atoms with Gasteiger partial charge in [-0.2, -0.15) is 9.97 Å². The molecule has 1 aromatic carbocycles. The number of morpholine rings is 1. The number of nitrogens with one attached hydrogen (secondary N) is 1. The zero-order valence-electron chi connectivity index (χ0n) is 18.8. The molecule has 8 nitrogen and oxygen atoms in total. The van der Waals surface area contributed by atoms with Crippen LogP contribution in [0.15, 0.2) is 30.3 Å². The van der Waals surface area contributed by atoms with Crippen LogP contribution in [0.25, 0.3) is 17.0 Å². The molecule has 5 rings (SSSR count). The fourth-order valence-corrected chi connectivity index (χ4v) is 5.69. The SMILES string of the molecule is Cc1nc2ccccc2n1-c1nc(NC[C@@H](C)S(=O)C2CC2)cc(N2CCOC[C@H]2C)n1. The molecule has 0 amide bonds. The Balaban J connectivity index is 1.51. The normalized spacial score (nSPS) is 21.0. The van der Waals surface area contributed by atoms with Gasteiger partial charge in [0.1, 0.15) is 17.5 Å². The molecule has 1 saturated carbocycles. The molecule has 1 saturated heterocycles. The summed E-state index contributed by atoms with van der Waals surface area (Å²) in [4.78, 5) is 16.7. The fourth-order valence-electron chi connectivity index (χ4n) is 4.19. The van der Waals surface area contributed by atoms with Gasteiger partial charge in [0.2, 0.25) is 5.95 Å². The van der Waals surface area contributed by atoms with Crippen LogP contribution >= 0.6 is 0 Å². The van der Waals surface area contributed by atoms with Gasteiger partial charge in [-0.15, -0.1) is 0 Å². The van der Waals surface area contributed by atoms with Gasteiger partial charge >= 0.3 is 0 Å². The summed E-state index contributed by atoms with van der Waals surface area (Å²) in [6, 6.07) is 10.2. The molecule has 3 atom stereocenters. The number of aromatic nitrogens is 4. The third-order valence-electron chi connectivity index (χ3n) is 6.11. The number of fused-ring (bicyclic) bond motifs is 1. The molecule has 2 aliphatic rings. The van der Waals surface area contributed by atoms with Crippen LogP contribution in [0.4, 0.5) is 11.6 Å². The number of aryl methyl sites for hydroxylation is 1. The smallest absolute Gasteiger partial charge is 0.239 e. The monoisotopic (exact) mass is 454 g/mol. The highest BCUT2D eigenvalue weighted by Crippen LogP contribution is 2.29. The minimum Gasteiger partial charge on any atom is -0.377 e. The largest absolute Gasteiger partial charge is 0.377 e. The summed E-state index contributed by atoms with van der Waals surface area (Å²) in [5.74, 6) is 3.03. The van der Waals surface area contributed by atoms with Gasteiger partial charge in [0, 0.05) is 40.5 Å². The Morgan fingerprint density at radius 2 is 2.06 bits per heavy atom. The van der Waals surface area contributed by atoms with E-state index in [1.807, 2.05) is 48.7 Å². The molecule has 32 heavy (non-hydrogen) atoms. The molecule has 0 radical (unpaired) electrons. The van der Waals surface area contributed by atoms with Crippen LogP contribution in [-0.2, 0) is 15.5 Å². The molecule has 2 fully saturated rings. The van der Waals surface area contributed by atoms with Crippen LogP contribution in [0.5, 0.6) is 0 Å². The van der Waals surface area contributed by atoms with E-state index in [1.165, 1.54) is 0 Å². The predicted molar refractivity (Wildman–Crippen MR) is 128 cm³/mol. The van der Waals surface area contributed by atoms with Crippen molar-refractivity contribution < 1.29 is 8.95 Å². The van der Waals surface area contributed by atoms with Crippen molar-refractivity contribution in [3.63, 3.8) is 0 Å². The Morgan fingerprint density at radius 3 is 2.84 bits per heavy atom. The van der Waals surface area contributed by atoms with E-state index in [2.05, 4.69) is 22.1 Å². The Labute approximate surface area is 190 Å². The van der Waals surface area contributed by atoms with E-state index in [0.717, 1.165) is 47.9 Å². The first-order chi connectivity index (χ1) is 15.5. The maximum atomic E-state index is 12.5. The van der Waals surface area contributed by atoms with Gasteiger partial charge in [-0.05, 0) is 45.7 Å². The first-order valence-corrected chi connectivity index (χ1v) is 12.6. The second kappa shape index (κ2) is 8.78. The molecule has 0 spiro atoms. The van der Waals surface area contributed by atoms with Gasteiger partial charge in [-0.1, -0.05) is 12.1 Å². The van der Waals surface area contributed by atoms with Crippen molar-refractivity contribution in [2.24, 2.45) is 0 Å². The van der Waals surface area contributed by atoms with Crippen LogP contribution in [0.1, 0.15) is 32.5 Å². The Morgan fingerprint density at radius 1 is 1.25 bits per heavy atom. The number of benzene rings is 1. The molecular formula is C23H30N6O2S. The highest BCUT2D eigenvalue weighted by molar-refractivity contribution is 7.86. The summed E-state index contributed by atoms with van der Waals surface area (Å²) in [6.45, 7) is 8.91. The van der Waals surface area contributed by atoms with Crippen LogP contribution < -0.4 is 10.2 Å². The molecule has 1 aliphatic heterocycles. The number of hydrogen-bond donors (Lipinski definition) is 1. The van der Waals surface area contributed by atoms with Crippen molar-refractivity contribution in [2.75, 3.05) is 36.5 Å². The third-order valence-corrected chi connectivity index (χ3v) is 8.20. The van der Waals surface area contributed by atoms with Crippen molar-refractivity contribution in [1.29, 1.82) is 0 Å². The van der Waals surface area contributed by atoms with E-state index in [9.17, 15) is 4.21 Å². The maximum Gasteiger partial charge on any atom is 0.239 e. The second-order valence-electron chi connectivity index (χ2n) is 8.73. The second-order valence-corrected chi connectivity index (χ2v) is 10.9. The number of nitrogens with zero attached hydrogens (tertiary/aromatic N) is 5. The van der Waals surface area contributed by atoms with Gasteiger partial charge in [-0.25, -0.2) is 4.98 Å². The van der Waals surface area contributed by atoms with Gasteiger partial charge in [-0.3, -0.25) is 8.78 Å². The van der Waals surface area contributed by atoms with E-state index in [0.29, 0.717) is 31.0 Å². The summed E-state index contributed by atoms with van der Waals surface area (Å²) < 4.78 is 20.2. The van der Waals surface area contributed by atoms with Crippen LogP contribution in [0.3, 0.4) is 0 Å². The number of rotatable bonds is 7. The van der Waals surface area contributed by atoms with Gasteiger partial charge in [0.25, 0.3) is 0 Å². The summed E-state index contributed by atoms with van der Waals surface area (Å²) in [5, 5.41) is 3.88. The Hall–Kier alpha value is -2.52. The molecule has 1 N–H and O–H groups in total. The lowest BCUT2D eigenvalue weighted by molar-refractivity contribution is 0.0985. The van der Waals surface area contributed by atoms with E-state index < -0.39 is 10.8 Å². The number of anilines is 2. The van der Waals surface area contributed by atoms with E-state index >= 15 is 0 Å². The zero-order chi connectivity index (χ0) is 22.2. The van der Waals surface area contributed by atoms with E-state index in [4.69, 9.17) is 14.7 Å². The lowest BCUT2D eigenvalue weighted by Crippen LogP contribution is -2.44. The third kappa shape index (κ3) is 4.23. The minimum atomic E-state index is -0.800. The molecule has 3 aromatic rings. The zero-order valence-corrected chi connectivity index (χ0v) is 19.6. The quantitative estimate of drug-likeness (QED) is 0.587. The lowest BCUT2D eigenvalue weighted by Gasteiger charge is -2.34. The topological polar surface area (TPSA) is 85.2 Å². The molecule has 1 aliphatic carbocycles. The first-order valence-electron chi connectivity index (χ1n) is 11.3. The Kier molecular flexibility index (Phi) is 5.86. The van der Waals surface area contributed by atoms with Crippen molar-refractivity contribution in [1.82, 2.24) is 19.5 Å². The Bertz CT molecular complexity index is 1140. The number of imidazole rings is 1. The van der Waals surface area contributed by atoms with Gasteiger partial charge < -0.3 is 15.0 Å². The number of hydrogen-bond acceptors (Lipinski definition) is 7. The van der Waals surface area contributed by atoms with E-state index in [1.54, 1.807) is 0 Å². The molecular weight excluding hydrogens is 424 g/mol. The highest BCUT2D eigenvalue weighted by atomic mass is 32.2. The molecule has 9 heteroatoms. The molecule has 1 unspecified atom stereocenters. The average molecular weight is 455 g/mol. The predicted octanol–water partition coefficient (Wildman–Crippen LogP) is 3.06. The number of ether oxygens (including phenoxy) is 1. The standard InChI is InChI=1S/C23H30N6O2S/c1-15-14-31-11-10-28(15)22-12-21(24-13-16(2)32(30)18-8-9-18)26-23(27-22)29-17(3)25-19-6-4-5-7-20(19)29/h4-7,12,15-16,18H,8-11,13-14H2,1-3H3,(H,24,26,27)/t15-,16-,32?/m1/s1. The fraction of sp³-hybridized carbons (Fsp3) is 0.522. The average Bonchev–Trinajstić information content (AvgIpc) is 3.59. The molecule has 0 bridgehead atoms. The number of para-hydroxylation sites is 2. The highest BCUT2D eigenvalue weighted by Gasteiger charge is 2.31. The summed E-state index contributed by atoms with van der Waals surface area (Å²) in [6.07, 6.45) is 2.17. The summed E-state index contributed by atoms with van der Waals surface area (Å²) >= 11 is 0. The van der Waals surface area contributed by atoms with Crippen molar-refractivity contribution in [2.45, 2.75) is 50.2 Å². The van der Waals surface area contributed by atoms with Crippen LogP contribution in [0, 0.1) is 6.92 Å². The van der Waals surface area contributed by atoms with Gasteiger partial charge in [0.15, 0.2) is 0 Å². The van der Waals surface area contributed by atoms with Crippen LogP contribution in [0.2, 0.25) is 0 Å². The molecule has 2 aromatic heterocycles. The lowest BCUT2D eigenvalue weighted by atomic mass is 10.2. The molecule has 170 valence electrons. The summed E-state index contributed by atoms with van der Waals surface area (Å²) in [7, 11) is -0.800. The summed E-state index contributed by atoms with van der Waals surface area (Å²) in [5.41, 5.74) is 1.90. The maximum absolute atomic E-state index is 12.5. The van der Waals surface area contributed by atoms with Crippen molar-refractivity contribution >= 4 is 33.5 Å². The van der Waals surface area contributed by atoms with Gasteiger partial charge in [0.05, 0.1) is 30.3 Å². The van der Waals surface area contributed by atoms with Crippen molar-refractivity contribution in [3.05, 3.63) is 36.2 Å².